The third-order valence-corrected chi connectivity index (χ3v) is 6.74. The van der Waals surface area contributed by atoms with E-state index in [1.807, 2.05) is 41.8 Å². The highest BCUT2D eigenvalue weighted by Crippen LogP contribution is 2.26. The minimum atomic E-state index is -0.976. The Hall–Kier alpha value is -3.36. The van der Waals surface area contributed by atoms with Gasteiger partial charge in [0.25, 0.3) is 5.91 Å². The molecule has 0 atom stereocenters. The van der Waals surface area contributed by atoms with Crippen molar-refractivity contribution in [2.24, 2.45) is 0 Å². The lowest BCUT2D eigenvalue weighted by Crippen LogP contribution is -2.38. The van der Waals surface area contributed by atoms with Gasteiger partial charge in [-0.1, -0.05) is 25.5 Å². The van der Waals surface area contributed by atoms with Crippen molar-refractivity contribution in [1.82, 2.24) is 15.3 Å². The van der Waals surface area contributed by atoms with Crippen LogP contribution in [0.3, 0.4) is 0 Å². The van der Waals surface area contributed by atoms with Gasteiger partial charge in [0.2, 0.25) is 0 Å². The Kier molecular flexibility index (Phi) is 7.96. The molecule has 0 aliphatic carbocycles. The summed E-state index contributed by atoms with van der Waals surface area (Å²) in [6, 6.07) is 13.1. The van der Waals surface area contributed by atoms with Crippen molar-refractivity contribution in [3.05, 3.63) is 76.7 Å². The van der Waals surface area contributed by atoms with Gasteiger partial charge in [-0.15, -0.1) is 11.3 Å². The lowest BCUT2D eigenvalue weighted by molar-refractivity contribution is 0.0694. The molecule has 2 aromatic carbocycles. The Bertz CT molecular complexity index is 1360. The van der Waals surface area contributed by atoms with E-state index in [2.05, 4.69) is 27.5 Å². The van der Waals surface area contributed by atoms with Crippen LogP contribution in [0.4, 0.5) is 10.2 Å². The van der Waals surface area contributed by atoms with Crippen LogP contribution in [-0.2, 0) is 12.8 Å². The van der Waals surface area contributed by atoms with E-state index in [4.69, 9.17) is 0 Å². The molecular formula is C28H31FN4O2S. The number of hydrogen-bond acceptors (Lipinski definition) is 6. The summed E-state index contributed by atoms with van der Waals surface area (Å²) < 4.78 is 15.0. The molecule has 2 aromatic heterocycles. The Labute approximate surface area is 214 Å². The van der Waals surface area contributed by atoms with E-state index >= 15 is 0 Å². The lowest BCUT2D eigenvalue weighted by atomic mass is 9.98. The second-order valence-electron chi connectivity index (χ2n) is 9.50. The molecule has 0 fully saturated rings. The van der Waals surface area contributed by atoms with E-state index < -0.39 is 5.60 Å². The molecule has 0 spiro atoms. The first-order chi connectivity index (χ1) is 17.2. The van der Waals surface area contributed by atoms with Crippen LogP contribution in [0.2, 0.25) is 0 Å². The summed E-state index contributed by atoms with van der Waals surface area (Å²) in [4.78, 5) is 21.5. The van der Waals surface area contributed by atoms with E-state index in [9.17, 15) is 14.3 Å². The molecule has 0 saturated carbocycles. The normalized spacial score (nSPS) is 11.6. The fraction of sp³-hybridized carbons (Fsp3) is 0.321. The van der Waals surface area contributed by atoms with Gasteiger partial charge >= 0.3 is 0 Å². The van der Waals surface area contributed by atoms with Crippen LogP contribution in [0.25, 0.3) is 21.3 Å². The lowest BCUT2D eigenvalue weighted by Gasteiger charge is -2.18. The van der Waals surface area contributed by atoms with Crippen molar-refractivity contribution in [3.63, 3.8) is 0 Å². The zero-order valence-electron chi connectivity index (χ0n) is 20.8. The van der Waals surface area contributed by atoms with Gasteiger partial charge in [0.1, 0.15) is 18.0 Å². The molecule has 2 heterocycles. The predicted molar refractivity (Wildman–Crippen MR) is 144 cm³/mol. The smallest absolute Gasteiger partial charge is 0.251 e. The molecule has 0 unspecified atom stereocenters. The molecule has 8 heteroatoms. The molecule has 4 rings (SSSR count). The topological polar surface area (TPSA) is 87.1 Å². The summed E-state index contributed by atoms with van der Waals surface area (Å²) in [5.41, 5.74) is 3.14. The number of aromatic nitrogens is 2. The molecule has 0 radical (unpaired) electrons. The van der Waals surface area contributed by atoms with Gasteiger partial charge in [0.15, 0.2) is 0 Å². The number of carbonyl (C=O) groups is 1. The molecule has 0 bridgehead atoms. The molecule has 0 aliphatic rings. The van der Waals surface area contributed by atoms with Crippen LogP contribution in [0.15, 0.2) is 54.2 Å². The average molecular weight is 507 g/mol. The third kappa shape index (κ3) is 6.44. The zero-order valence-corrected chi connectivity index (χ0v) is 21.6. The number of hydrogen-bond donors (Lipinski definition) is 3. The summed E-state index contributed by atoms with van der Waals surface area (Å²) >= 11 is 1.41. The van der Waals surface area contributed by atoms with Crippen LogP contribution >= 0.6 is 11.3 Å². The van der Waals surface area contributed by atoms with Gasteiger partial charge in [-0.05, 0) is 72.8 Å². The number of amides is 1. The average Bonchev–Trinajstić information content (AvgIpc) is 3.32. The maximum absolute atomic E-state index is 14.3. The number of rotatable bonds is 10. The standard InChI is InChI=1S/C28H31FN4O2S/c1-4-5-19-14-20(6-7-22(19)27(34)31-16-28(2,3)35)24-15-25(33-17-32-24)30-10-8-18-12-21-9-11-36-26(21)23(29)13-18/h6-7,9,11-15,17,35H,4-5,8,10,16H2,1-3H3,(H,31,34)(H,30,32,33). The number of nitrogens with zero attached hydrogens (tertiary/aromatic N) is 2. The quantitative estimate of drug-likeness (QED) is 0.260. The van der Waals surface area contributed by atoms with E-state index in [1.54, 1.807) is 19.9 Å². The number of nitrogens with one attached hydrogen (secondary N) is 2. The molecule has 0 saturated heterocycles. The van der Waals surface area contributed by atoms with E-state index in [1.165, 1.54) is 17.7 Å². The monoisotopic (exact) mass is 506 g/mol. The van der Waals surface area contributed by atoms with Crippen molar-refractivity contribution >= 4 is 33.1 Å². The minimum Gasteiger partial charge on any atom is -0.389 e. The predicted octanol–water partition coefficient (Wildman–Crippen LogP) is 5.61. The summed E-state index contributed by atoms with van der Waals surface area (Å²) in [6.07, 6.45) is 3.82. The number of thiophene rings is 1. The molecule has 36 heavy (non-hydrogen) atoms. The third-order valence-electron chi connectivity index (χ3n) is 5.80. The zero-order chi connectivity index (χ0) is 25.7. The molecule has 188 valence electrons. The SMILES string of the molecule is CCCc1cc(-c2cc(NCCc3cc(F)c4sccc4c3)ncn2)ccc1C(=O)NCC(C)(C)O. The first-order valence-corrected chi connectivity index (χ1v) is 13.0. The van der Waals surface area contributed by atoms with Gasteiger partial charge in [0.05, 0.1) is 16.0 Å². The molecule has 3 N–H and O–H groups in total. The number of anilines is 1. The Balaban J connectivity index is 1.46. The van der Waals surface area contributed by atoms with Crippen LogP contribution in [-0.4, -0.2) is 39.7 Å². The second kappa shape index (κ2) is 11.1. The highest BCUT2D eigenvalue weighted by molar-refractivity contribution is 7.17. The van der Waals surface area contributed by atoms with Crippen LogP contribution in [0.5, 0.6) is 0 Å². The van der Waals surface area contributed by atoms with Crippen molar-refractivity contribution in [1.29, 1.82) is 0 Å². The van der Waals surface area contributed by atoms with E-state index in [0.29, 0.717) is 29.0 Å². The molecule has 1 amide bonds. The van der Waals surface area contributed by atoms with E-state index in [0.717, 1.165) is 40.6 Å². The van der Waals surface area contributed by atoms with E-state index in [-0.39, 0.29) is 18.3 Å². The number of benzene rings is 2. The minimum absolute atomic E-state index is 0.174. The first kappa shape index (κ1) is 25.7. The summed E-state index contributed by atoms with van der Waals surface area (Å²) in [5, 5.41) is 18.9. The van der Waals surface area contributed by atoms with Crippen molar-refractivity contribution in [3.8, 4) is 11.3 Å². The van der Waals surface area contributed by atoms with Crippen LogP contribution in [0, 0.1) is 5.82 Å². The number of halogens is 1. The Morgan fingerprint density at radius 2 is 1.94 bits per heavy atom. The van der Waals surface area contributed by atoms with Crippen molar-refractivity contribution in [2.75, 3.05) is 18.4 Å². The maximum Gasteiger partial charge on any atom is 0.251 e. The summed E-state index contributed by atoms with van der Waals surface area (Å²) in [7, 11) is 0. The van der Waals surface area contributed by atoms with Crippen molar-refractivity contribution < 1.29 is 14.3 Å². The number of aliphatic hydroxyl groups is 1. The van der Waals surface area contributed by atoms with Gasteiger partial charge in [-0.3, -0.25) is 4.79 Å². The molecule has 0 aliphatic heterocycles. The first-order valence-electron chi connectivity index (χ1n) is 12.1. The number of carbonyl (C=O) groups excluding carboxylic acids is 1. The summed E-state index contributed by atoms with van der Waals surface area (Å²) in [6.45, 7) is 6.16. The largest absolute Gasteiger partial charge is 0.389 e. The molecule has 6 nitrogen and oxygen atoms in total. The number of fused-ring (bicyclic) bond motifs is 1. The fourth-order valence-electron chi connectivity index (χ4n) is 4.03. The summed E-state index contributed by atoms with van der Waals surface area (Å²) in [5.74, 6) is 0.303. The highest BCUT2D eigenvalue weighted by atomic mass is 32.1. The van der Waals surface area contributed by atoms with Gasteiger partial charge in [-0.25, -0.2) is 14.4 Å². The van der Waals surface area contributed by atoms with Gasteiger partial charge in [-0.2, -0.15) is 0 Å². The van der Waals surface area contributed by atoms with Crippen molar-refractivity contribution in [2.45, 2.75) is 45.6 Å². The molecule has 4 aromatic rings. The number of aryl methyl sites for hydroxylation is 1. The highest BCUT2D eigenvalue weighted by Gasteiger charge is 2.17. The van der Waals surface area contributed by atoms with Crippen LogP contribution in [0.1, 0.15) is 48.7 Å². The Morgan fingerprint density at radius 3 is 2.72 bits per heavy atom. The second-order valence-corrected chi connectivity index (χ2v) is 10.4. The Morgan fingerprint density at radius 1 is 1.11 bits per heavy atom. The van der Waals surface area contributed by atoms with Gasteiger partial charge < -0.3 is 15.7 Å². The van der Waals surface area contributed by atoms with Gasteiger partial charge in [0, 0.05) is 30.3 Å². The maximum atomic E-state index is 14.3. The van der Waals surface area contributed by atoms with Crippen LogP contribution < -0.4 is 10.6 Å². The molecular weight excluding hydrogens is 475 g/mol. The fourth-order valence-corrected chi connectivity index (χ4v) is 4.82.